The summed E-state index contributed by atoms with van der Waals surface area (Å²) in [7, 11) is 3.30. The van der Waals surface area contributed by atoms with Crippen molar-refractivity contribution in [1.82, 2.24) is 10.2 Å². The van der Waals surface area contributed by atoms with Gasteiger partial charge in [-0.1, -0.05) is 18.2 Å². The van der Waals surface area contributed by atoms with Crippen molar-refractivity contribution >= 4 is 6.03 Å². The average molecular weight is 280 g/mol. The summed E-state index contributed by atoms with van der Waals surface area (Å²) in [6, 6.07) is 7.54. The van der Waals surface area contributed by atoms with Crippen molar-refractivity contribution in [2.45, 2.75) is 25.9 Å². The van der Waals surface area contributed by atoms with E-state index in [9.17, 15) is 9.90 Å². The maximum absolute atomic E-state index is 11.8. The van der Waals surface area contributed by atoms with Crippen LogP contribution in [-0.2, 0) is 6.42 Å². The van der Waals surface area contributed by atoms with Crippen LogP contribution in [0.2, 0.25) is 0 Å². The molecule has 0 bridgehead atoms. The summed E-state index contributed by atoms with van der Waals surface area (Å²) in [6.07, 6.45) is 0.701. The minimum Gasteiger partial charge on any atom is -0.496 e. The van der Waals surface area contributed by atoms with Gasteiger partial charge >= 0.3 is 6.03 Å². The fourth-order valence-corrected chi connectivity index (χ4v) is 2.00. The summed E-state index contributed by atoms with van der Waals surface area (Å²) >= 11 is 0. The Bertz CT molecular complexity index is 441. The highest BCUT2D eigenvalue weighted by atomic mass is 16.5. The molecule has 0 heterocycles. The second kappa shape index (κ2) is 7.14. The highest BCUT2D eigenvalue weighted by Gasteiger charge is 2.18. The Morgan fingerprint density at radius 2 is 2.05 bits per heavy atom. The maximum Gasteiger partial charge on any atom is 0.317 e. The second-order valence-corrected chi connectivity index (χ2v) is 5.46. The normalized spacial score (nSPS) is 11.1. The quantitative estimate of drug-likeness (QED) is 0.833. The van der Waals surface area contributed by atoms with E-state index in [2.05, 4.69) is 5.32 Å². The van der Waals surface area contributed by atoms with Gasteiger partial charge in [0.15, 0.2) is 0 Å². The first-order valence-corrected chi connectivity index (χ1v) is 6.67. The van der Waals surface area contributed by atoms with E-state index in [0.29, 0.717) is 13.0 Å². The first kappa shape index (κ1) is 16.3. The Labute approximate surface area is 120 Å². The van der Waals surface area contributed by atoms with Crippen LogP contribution in [0.4, 0.5) is 4.79 Å². The fraction of sp³-hybridized carbons (Fsp3) is 0.533. The molecule has 0 unspecified atom stereocenters. The molecular formula is C15H24N2O3. The van der Waals surface area contributed by atoms with Crippen molar-refractivity contribution in [2.24, 2.45) is 0 Å². The summed E-state index contributed by atoms with van der Waals surface area (Å²) in [5, 5.41) is 12.5. The van der Waals surface area contributed by atoms with Crippen molar-refractivity contribution in [3.8, 4) is 5.75 Å². The molecule has 0 saturated carbocycles. The van der Waals surface area contributed by atoms with Gasteiger partial charge in [0.1, 0.15) is 5.75 Å². The lowest BCUT2D eigenvalue weighted by molar-refractivity contribution is 0.0532. The van der Waals surface area contributed by atoms with Crippen LogP contribution in [0.5, 0.6) is 5.75 Å². The summed E-state index contributed by atoms with van der Waals surface area (Å²) < 4.78 is 5.26. The molecule has 5 nitrogen and oxygen atoms in total. The molecule has 0 atom stereocenters. The van der Waals surface area contributed by atoms with Crippen molar-refractivity contribution < 1.29 is 14.6 Å². The number of hydrogen-bond donors (Lipinski definition) is 2. The van der Waals surface area contributed by atoms with Crippen LogP contribution in [0.25, 0.3) is 0 Å². The lowest BCUT2D eigenvalue weighted by Crippen LogP contribution is -2.45. The van der Waals surface area contributed by atoms with Gasteiger partial charge in [-0.15, -0.1) is 0 Å². The van der Waals surface area contributed by atoms with E-state index in [0.717, 1.165) is 11.3 Å². The highest BCUT2D eigenvalue weighted by molar-refractivity contribution is 5.73. The SMILES string of the molecule is COc1ccccc1CCNC(=O)N(C)CC(C)(C)O. The molecule has 1 aromatic carbocycles. The fourth-order valence-electron chi connectivity index (χ4n) is 2.00. The molecule has 112 valence electrons. The summed E-state index contributed by atoms with van der Waals surface area (Å²) in [5.41, 5.74) is 0.162. The Morgan fingerprint density at radius 1 is 1.40 bits per heavy atom. The molecule has 0 aromatic heterocycles. The molecule has 2 amide bonds. The van der Waals surface area contributed by atoms with Crippen LogP contribution in [0.1, 0.15) is 19.4 Å². The van der Waals surface area contributed by atoms with Crippen LogP contribution >= 0.6 is 0 Å². The lowest BCUT2D eigenvalue weighted by atomic mass is 10.1. The number of methoxy groups -OCH3 is 1. The zero-order valence-electron chi connectivity index (χ0n) is 12.6. The Morgan fingerprint density at radius 3 is 2.65 bits per heavy atom. The number of urea groups is 1. The molecule has 0 aliphatic rings. The number of para-hydroxylation sites is 1. The van der Waals surface area contributed by atoms with Gasteiger partial charge in [0.25, 0.3) is 0 Å². The van der Waals surface area contributed by atoms with Gasteiger partial charge in [-0.25, -0.2) is 4.79 Å². The van der Waals surface area contributed by atoms with E-state index in [4.69, 9.17) is 4.74 Å². The van der Waals surface area contributed by atoms with Gasteiger partial charge in [0.05, 0.1) is 19.3 Å². The van der Waals surface area contributed by atoms with E-state index in [-0.39, 0.29) is 12.6 Å². The number of carbonyl (C=O) groups excluding carboxylic acids is 1. The summed E-state index contributed by atoms with van der Waals surface area (Å²) in [6.45, 7) is 4.15. The van der Waals surface area contributed by atoms with Gasteiger partial charge < -0.3 is 20.1 Å². The number of hydrogen-bond acceptors (Lipinski definition) is 3. The first-order chi connectivity index (χ1) is 9.33. The zero-order chi connectivity index (χ0) is 15.2. The third-order valence-corrected chi connectivity index (χ3v) is 2.83. The van der Waals surface area contributed by atoms with Crippen molar-refractivity contribution in [3.63, 3.8) is 0 Å². The second-order valence-electron chi connectivity index (χ2n) is 5.46. The number of amides is 2. The van der Waals surface area contributed by atoms with E-state index >= 15 is 0 Å². The van der Waals surface area contributed by atoms with Crippen molar-refractivity contribution in [3.05, 3.63) is 29.8 Å². The summed E-state index contributed by atoms with van der Waals surface area (Å²) in [5.74, 6) is 0.826. The molecule has 0 aliphatic carbocycles. The minimum atomic E-state index is -0.894. The third kappa shape index (κ3) is 5.48. The smallest absolute Gasteiger partial charge is 0.317 e. The van der Waals surface area contributed by atoms with Crippen LogP contribution in [0.3, 0.4) is 0 Å². The number of carbonyl (C=O) groups is 1. The average Bonchev–Trinajstić information content (AvgIpc) is 2.37. The molecule has 0 fully saturated rings. The van der Waals surface area contributed by atoms with E-state index in [1.165, 1.54) is 4.90 Å². The van der Waals surface area contributed by atoms with E-state index in [1.807, 2.05) is 24.3 Å². The highest BCUT2D eigenvalue weighted by Crippen LogP contribution is 2.17. The predicted octanol–water partition coefficient (Wildman–Crippen LogP) is 1.65. The first-order valence-electron chi connectivity index (χ1n) is 6.67. The number of nitrogens with one attached hydrogen (secondary N) is 1. The van der Waals surface area contributed by atoms with Gasteiger partial charge in [-0.2, -0.15) is 0 Å². The molecule has 0 radical (unpaired) electrons. The third-order valence-electron chi connectivity index (χ3n) is 2.83. The predicted molar refractivity (Wildman–Crippen MR) is 79.0 cm³/mol. The number of likely N-dealkylation sites (N-methyl/N-ethyl adjacent to an activating group) is 1. The molecular weight excluding hydrogens is 256 g/mol. The molecule has 20 heavy (non-hydrogen) atoms. The number of aliphatic hydroxyl groups is 1. The Balaban J connectivity index is 2.42. The molecule has 0 aliphatic heterocycles. The monoisotopic (exact) mass is 280 g/mol. The molecule has 1 aromatic rings. The zero-order valence-corrected chi connectivity index (χ0v) is 12.6. The van der Waals surface area contributed by atoms with Crippen molar-refractivity contribution in [1.29, 1.82) is 0 Å². The van der Waals surface area contributed by atoms with E-state index < -0.39 is 5.60 Å². The standard InChI is InChI=1S/C15H24N2O3/c1-15(2,19)11-17(3)14(18)16-10-9-12-7-5-6-8-13(12)20-4/h5-8,19H,9-11H2,1-4H3,(H,16,18). The van der Waals surface area contributed by atoms with Crippen LogP contribution in [0, 0.1) is 0 Å². The molecule has 0 saturated heterocycles. The van der Waals surface area contributed by atoms with Crippen LogP contribution in [-0.4, -0.2) is 48.9 Å². The van der Waals surface area contributed by atoms with Gasteiger partial charge in [-0.3, -0.25) is 0 Å². The topological polar surface area (TPSA) is 61.8 Å². The van der Waals surface area contributed by atoms with Crippen molar-refractivity contribution in [2.75, 3.05) is 27.2 Å². The largest absolute Gasteiger partial charge is 0.496 e. The lowest BCUT2D eigenvalue weighted by Gasteiger charge is -2.25. The Kier molecular flexibility index (Phi) is 5.82. The van der Waals surface area contributed by atoms with Gasteiger partial charge in [0, 0.05) is 13.6 Å². The van der Waals surface area contributed by atoms with Gasteiger partial charge in [0.2, 0.25) is 0 Å². The molecule has 5 heteroatoms. The number of nitrogens with zero attached hydrogens (tertiary/aromatic N) is 1. The van der Waals surface area contributed by atoms with Crippen LogP contribution < -0.4 is 10.1 Å². The molecule has 0 spiro atoms. The molecule has 1 rings (SSSR count). The number of rotatable bonds is 6. The Hall–Kier alpha value is -1.75. The van der Waals surface area contributed by atoms with Gasteiger partial charge in [-0.05, 0) is 31.9 Å². The molecule has 2 N–H and O–H groups in total. The minimum absolute atomic E-state index is 0.193. The number of ether oxygens (including phenoxy) is 1. The number of benzene rings is 1. The summed E-state index contributed by atoms with van der Waals surface area (Å²) in [4.78, 5) is 13.3. The van der Waals surface area contributed by atoms with E-state index in [1.54, 1.807) is 28.0 Å². The van der Waals surface area contributed by atoms with Crippen LogP contribution in [0.15, 0.2) is 24.3 Å². The maximum atomic E-state index is 11.8.